The maximum atomic E-state index is 5.30. The molecule has 0 aliphatic heterocycles. The van der Waals surface area contributed by atoms with Crippen molar-refractivity contribution in [2.45, 2.75) is 13.8 Å². The molecular formula is C8H15NO. The fourth-order valence-corrected chi connectivity index (χ4v) is 0.622. The zero-order chi connectivity index (χ0) is 7.82. The van der Waals surface area contributed by atoms with Crippen LogP contribution < -0.4 is 5.73 Å². The predicted molar refractivity (Wildman–Crippen MR) is 43.6 cm³/mol. The van der Waals surface area contributed by atoms with Crippen molar-refractivity contribution in [3.05, 3.63) is 24.0 Å². The predicted octanol–water partition coefficient (Wildman–Crippen LogP) is 1.44. The summed E-state index contributed by atoms with van der Waals surface area (Å²) in [5.41, 5.74) is 5.30. The van der Waals surface area contributed by atoms with Gasteiger partial charge in [0.25, 0.3) is 0 Å². The number of hydrogen-bond acceptors (Lipinski definition) is 2. The smallest absolute Gasteiger partial charge is 0.116 e. The van der Waals surface area contributed by atoms with E-state index in [1.807, 2.05) is 32.1 Å². The molecule has 0 radical (unpaired) electrons. The number of rotatable bonds is 4. The van der Waals surface area contributed by atoms with Crippen LogP contribution in [0.5, 0.6) is 0 Å². The molecule has 0 aliphatic rings. The molecule has 2 nitrogen and oxygen atoms in total. The monoisotopic (exact) mass is 141 g/mol. The molecule has 0 aromatic heterocycles. The van der Waals surface area contributed by atoms with Gasteiger partial charge in [0, 0.05) is 6.54 Å². The third kappa shape index (κ3) is 4.15. The van der Waals surface area contributed by atoms with Gasteiger partial charge in [0.1, 0.15) is 5.76 Å². The second-order valence-electron chi connectivity index (χ2n) is 1.78. The molecule has 0 aromatic rings. The molecule has 0 saturated heterocycles. The van der Waals surface area contributed by atoms with Crippen LogP contribution in [0, 0.1) is 0 Å². The highest BCUT2D eigenvalue weighted by molar-refractivity contribution is 5.11. The Morgan fingerprint density at radius 2 is 2.30 bits per heavy atom. The van der Waals surface area contributed by atoms with E-state index in [0.29, 0.717) is 13.2 Å². The summed E-state index contributed by atoms with van der Waals surface area (Å²) in [5.74, 6) is 0.854. The Bertz CT molecular complexity index is 127. The lowest BCUT2D eigenvalue weighted by Gasteiger charge is -2.01. The quantitative estimate of drug-likeness (QED) is 0.475. The van der Waals surface area contributed by atoms with Gasteiger partial charge in [0.15, 0.2) is 0 Å². The molecule has 0 heterocycles. The molecule has 10 heavy (non-hydrogen) atoms. The van der Waals surface area contributed by atoms with Gasteiger partial charge in [-0.15, -0.1) is 0 Å². The lowest BCUT2D eigenvalue weighted by atomic mass is 10.4. The van der Waals surface area contributed by atoms with E-state index in [9.17, 15) is 0 Å². The first-order valence-corrected chi connectivity index (χ1v) is 3.50. The summed E-state index contributed by atoms with van der Waals surface area (Å²) in [5, 5.41) is 0. The first-order chi connectivity index (χ1) is 4.85. The van der Waals surface area contributed by atoms with Crippen molar-refractivity contribution in [3.8, 4) is 0 Å². The summed E-state index contributed by atoms with van der Waals surface area (Å²) in [6.45, 7) is 5.12. The van der Waals surface area contributed by atoms with Crippen LogP contribution in [0.1, 0.15) is 13.8 Å². The molecule has 58 valence electrons. The van der Waals surface area contributed by atoms with Gasteiger partial charge in [-0.05, 0) is 26.0 Å². The highest BCUT2D eigenvalue weighted by Gasteiger charge is 1.86. The van der Waals surface area contributed by atoms with E-state index in [2.05, 4.69) is 0 Å². The van der Waals surface area contributed by atoms with E-state index >= 15 is 0 Å². The second kappa shape index (κ2) is 6.36. The average Bonchev–Trinajstić information content (AvgIpc) is 1.90. The van der Waals surface area contributed by atoms with Gasteiger partial charge in [0.2, 0.25) is 0 Å². The van der Waals surface area contributed by atoms with Crippen LogP contribution in [0.2, 0.25) is 0 Å². The van der Waals surface area contributed by atoms with Crippen LogP contribution in [0.3, 0.4) is 0 Å². The maximum Gasteiger partial charge on any atom is 0.116 e. The number of nitrogens with two attached hydrogens (primary N) is 1. The first-order valence-electron chi connectivity index (χ1n) is 3.50. The summed E-state index contributed by atoms with van der Waals surface area (Å²) >= 11 is 0. The molecule has 2 N–H and O–H groups in total. The fourth-order valence-electron chi connectivity index (χ4n) is 0.622. The fraction of sp³-hybridized carbons (Fsp3) is 0.500. The Hall–Kier alpha value is -0.760. The Balaban J connectivity index is 3.84. The molecule has 0 saturated carbocycles. The zero-order valence-corrected chi connectivity index (χ0v) is 6.63. The van der Waals surface area contributed by atoms with Gasteiger partial charge in [-0.25, -0.2) is 0 Å². The molecule has 0 bridgehead atoms. The number of ether oxygens (including phenoxy) is 1. The van der Waals surface area contributed by atoms with E-state index in [0.717, 1.165) is 5.76 Å². The van der Waals surface area contributed by atoms with Gasteiger partial charge in [-0.1, -0.05) is 6.08 Å². The SMILES string of the molecule is C/C=C\C(=C/CN)OCC. The largest absolute Gasteiger partial charge is 0.494 e. The molecule has 2 heteroatoms. The molecule has 0 unspecified atom stereocenters. The third-order valence-electron chi connectivity index (χ3n) is 0.961. The Morgan fingerprint density at radius 1 is 1.60 bits per heavy atom. The van der Waals surface area contributed by atoms with E-state index in [4.69, 9.17) is 10.5 Å². The Labute approximate surface area is 62.4 Å². The van der Waals surface area contributed by atoms with E-state index in [1.165, 1.54) is 0 Å². The molecule has 0 aliphatic carbocycles. The van der Waals surface area contributed by atoms with Gasteiger partial charge >= 0.3 is 0 Å². The maximum absolute atomic E-state index is 5.30. The highest BCUT2D eigenvalue weighted by Crippen LogP contribution is 1.97. The van der Waals surface area contributed by atoms with E-state index < -0.39 is 0 Å². The highest BCUT2D eigenvalue weighted by atomic mass is 16.5. The summed E-state index contributed by atoms with van der Waals surface area (Å²) in [6.07, 6.45) is 5.68. The lowest BCUT2D eigenvalue weighted by Crippen LogP contribution is -1.97. The van der Waals surface area contributed by atoms with Crippen LogP contribution in [-0.4, -0.2) is 13.2 Å². The molecule has 0 amide bonds. The summed E-state index contributed by atoms with van der Waals surface area (Å²) in [7, 11) is 0. The van der Waals surface area contributed by atoms with Gasteiger partial charge in [0.05, 0.1) is 6.61 Å². The Morgan fingerprint density at radius 3 is 2.70 bits per heavy atom. The number of allylic oxidation sites excluding steroid dienone is 2. The molecule has 0 spiro atoms. The zero-order valence-electron chi connectivity index (χ0n) is 6.63. The normalized spacial score (nSPS) is 12.5. The van der Waals surface area contributed by atoms with Crippen molar-refractivity contribution in [1.82, 2.24) is 0 Å². The van der Waals surface area contributed by atoms with Crippen LogP contribution in [0.25, 0.3) is 0 Å². The molecular weight excluding hydrogens is 126 g/mol. The molecule has 0 atom stereocenters. The van der Waals surface area contributed by atoms with Crippen LogP contribution >= 0.6 is 0 Å². The molecule has 0 fully saturated rings. The van der Waals surface area contributed by atoms with Crippen molar-refractivity contribution in [2.24, 2.45) is 5.73 Å². The van der Waals surface area contributed by atoms with Crippen LogP contribution in [-0.2, 0) is 4.74 Å². The number of hydrogen-bond donors (Lipinski definition) is 1. The topological polar surface area (TPSA) is 35.2 Å². The minimum absolute atomic E-state index is 0.527. The summed E-state index contributed by atoms with van der Waals surface area (Å²) in [4.78, 5) is 0. The van der Waals surface area contributed by atoms with Gasteiger partial charge < -0.3 is 10.5 Å². The minimum Gasteiger partial charge on any atom is -0.494 e. The summed E-state index contributed by atoms with van der Waals surface area (Å²) < 4.78 is 5.22. The van der Waals surface area contributed by atoms with Crippen molar-refractivity contribution in [1.29, 1.82) is 0 Å². The third-order valence-corrected chi connectivity index (χ3v) is 0.961. The Kier molecular flexibility index (Phi) is 5.88. The average molecular weight is 141 g/mol. The molecule has 0 aromatic carbocycles. The van der Waals surface area contributed by atoms with Crippen LogP contribution in [0.4, 0.5) is 0 Å². The standard InChI is InChI=1S/C8H15NO/c1-3-5-8(6-7-9)10-4-2/h3,5-6H,4,7,9H2,1-2H3/b5-3-,8-6+. The second-order valence-corrected chi connectivity index (χ2v) is 1.78. The van der Waals surface area contributed by atoms with Crippen molar-refractivity contribution in [3.63, 3.8) is 0 Å². The van der Waals surface area contributed by atoms with Crippen LogP contribution in [0.15, 0.2) is 24.0 Å². The molecule has 0 rings (SSSR count). The van der Waals surface area contributed by atoms with Crippen molar-refractivity contribution >= 4 is 0 Å². The van der Waals surface area contributed by atoms with Crippen molar-refractivity contribution in [2.75, 3.05) is 13.2 Å². The summed E-state index contributed by atoms with van der Waals surface area (Å²) in [6, 6.07) is 0. The van der Waals surface area contributed by atoms with E-state index in [-0.39, 0.29) is 0 Å². The minimum atomic E-state index is 0.527. The first kappa shape index (κ1) is 9.24. The lowest BCUT2D eigenvalue weighted by molar-refractivity contribution is 0.241. The van der Waals surface area contributed by atoms with E-state index in [1.54, 1.807) is 0 Å². The van der Waals surface area contributed by atoms with Gasteiger partial charge in [-0.2, -0.15) is 0 Å². The van der Waals surface area contributed by atoms with Gasteiger partial charge in [-0.3, -0.25) is 0 Å². The van der Waals surface area contributed by atoms with Crippen molar-refractivity contribution < 1.29 is 4.74 Å².